The van der Waals surface area contributed by atoms with E-state index in [0.717, 1.165) is 37.2 Å². The van der Waals surface area contributed by atoms with Crippen molar-refractivity contribution in [1.82, 2.24) is 10.2 Å². The number of carboxylic acids is 1. The van der Waals surface area contributed by atoms with Gasteiger partial charge in [0.2, 0.25) is 0 Å². The van der Waals surface area contributed by atoms with Gasteiger partial charge in [-0.3, -0.25) is 9.69 Å². The molecule has 0 unspecified atom stereocenters. The Balaban J connectivity index is 1.31. The number of amides is 1. The van der Waals surface area contributed by atoms with E-state index < -0.39 is 40.9 Å². The number of halogens is 5. The number of rotatable bonds is 6. The van der Waals surface area contributed by atoms with Crippen LogP contribution < -0.4 is 5.32 Å². The van der Waals surface area contributed by atoms with Crippen LogP contribution in [-0.4, -0.2) is 53.2 Å². The molecule has 0 bridgehead atoms. The molecule has 2 saturated heterocycles. The fourth-order valence-electron chi connectivity index (χ4n) is 5.57. The van der Waals surface area contributed by atoms with Gasteiger partial charge in [0, 0.05) is 19.1 Å². The summed E-state index contributed by atoms with van der Waals surface area (Å²) in [6.45, 7) is 5.18. The van der Waals surface area contributed by atoms with Crippen molar-refractivity contribution in [2.75, 3.05) is 19.7 Å². The standard InChI is InChI=1S/C28H31F5N2O4/c1-16-14-35(8-6-22(16)18-3-4-24(30)23(11-18)25(36)37)21-5-7-27(2,39-15-21)26(38)34-13-17-9-19(28(31,32)33)12-20(29)10-17/h3-4,9-12,16,21-22H,5-8,13-15H2,1-2H3,(H,34,38)(H,36,37)/t16-,21+,22-,27+/m0/s1. The lowest BCUT2D eigenvalue weighted by molar-refractivity contribution is -0.157. The first-order valence-electron chi connectivity index (χ1n) is 12.8. The number of hydrogen-bond acceptors (Lipinski definition) is 4. The second-order valence-corrected chi connectivity index (χ2v) is 10.7. The van der Waals surface area contributed by atoms with Gasteiger partial charge < -0.3 is 15.2 Å². The Morgan fingerprint density at radius 1 is 1.15 bits per heavy atom. The van der Waals surface area contributed by atoms with Gasteiger partial charge >= 0.3 is 12.1 Å². The van der Waals surface area contributed by atoms with Crippen LogP contribution in [0.2, 0.25) is 0 Å². The third kappa shape index (κ3) is 6.58. The first-order chi connectivity index (χ1) is 18.3. The smallest absolute Gasteiger partial charge is 0.416 e. The average Bonchev–Trinajstić information content (AvgIpc) is 2.87. The maximum atomic E-state index is 13.8. The molecule has 2 aliphatic rings. The Morgan fingerprint density at radius 2 is 1.90 bits per heavy atom. The molecule has 11 heteroatoms. The van der Waals surface area contributed by atoms with Crippen LogP contribution in [0.25, 0.3) is 0 Å². The highest BCUT2D eigenvalue weighted by molar-refractivity contribution is 5.88. The second-order valence-electron chi connectivity index (χ2n) is 10.7. The molecule has 2 fully saturated rings. The van der Waals surface area contributed by atoms with Gasteiger partial charge in [0.05, 0.1) is 17.7 Å². The molecule has 6 nitrogen and oxygen atoms in total. The van der Waals surface area contributed by atoms with E-state index in [2.05, 4.69) is 17.1 Å². The normalized spacial score (nSPS) is 26.3. The van der Waals surface area contributed by atoms with Crippen LogP contribution in [0, 0.1) is 17.6 Å². The number of piperidine rings is 1. The van der Waals surface area contributed by atoms with Crippen molar-refractivity contribution in [2.24, 2.45) is 5.92 Å². The highest BCUT2D eigenvalue weighted by Crippen LogP contribution is 2.37. The molecule has 0 radical (unpaired) electrons. The maximum absolute atomic E-state index is 13.8. The molecule has 212 valence electrons. The molecule has 0 aliphatic carbocycles. The molecule has 39 heavy (non-hydrogen) atoms. The topological polar surface area (TPSA) is 78.9 Å². The lowest BCUT2D eigenvalue weighted by Gasteiger charge is -2.45. The maximum Gasteiger partial charge on any atom is 0.416 e. The molecule has 0 spiro atoms. The van der Waals surface area contributed by atoms with E-state index in [-0.39, 0.29) is 35.5 Å². The predicted molar refractivity (Wildman–Crippen MR) is 132 cm³/mol. The van der Waals surface area contributed by atoms with Crippen LogP contribution >= 0.6 is 0 Å². The fourth-order valence-corrected chi connectivity index (χ4v) is 5.57. The van der Waals surface area contributed by atoms with E-state index in [4.69, 9.17) is 4.74 Å². The Kier molecular flexibility index (Phi) is 8.32. The number of likely N-dealkylation sites (tertiary alicyclic amines) is 1. The van der Waals surface area contributed by atoms with Crippen molar-refractivity contribution >= 4 is 11.9 Å². The van der Waals surface area contributed by atoms with Gasteiger partial charge in [-0.05, 0) is 86.0 Å². The molecule has 4 rings (SSSR count). The van der Waals surface area contributed by atoms with Crippen LogP contribution in [0.1, 0.15) is 66.1 Å². The molecular weight excluding hydrogens is 523 g/mol. The molecule has 2 heterocycles. The van der Waals surface area contributed by atoms with Crippen LogP contribution in [0.15, 0.2) is 36.4 Å². The molecule has 4 atom stereocenters. The molecule has 1 amide bonds. The Hall–Kier alpha value is -3.05. The van der Waals surface area contributed by atoms with Crippen molar-refractivity contribution in [3.05, 3.63) is 70.3 Å². The van der Waals surface area contributed by atoms with Crippen molar-refractivity contribution in [2.45, 2.75) is 63.4 Å². The van der Waals surface area contributed by atoms with Gasteiger partial charge in [0.1, 0.15) is 17.2 Å². The number of benzene rings is 2. The van der Waals surface area contributed by atoms with Crippen LogP contribution in [0.3, 0.4) is 0 Å². The minimum absolute atomic E-state index is 0.00134. The van der Waals surface area contributed by atoms with Gasteiger partial charge in [-0.1, -0.05) is 13.0 Å². The van der Waals surface area contributed by atoms with Crippen LogP contribution in [0.4, 0.5) is 22.0 Å². The monoisotopic (exact) mass is 554 g/mol. The van der Waals surface area contributed by atoms with Gasteiger partial charge in [0.25, 0.3) is 5.91 Å². The van der Waals surface area contributed by atoms with Crippen LogP contribution in [0.5, 0.6) is 0 Å². The van der Waals surface area contributed by atoms with E-state index in [1.807, 2.05) is 0 Å². The zero-order chi connectivity index (χ0) is 28.5. The Labute approximate surface area is 223 Å². The second kappa shape index (κ2) is 11.2. The van der Waals surface area contributed by atoms with Crippen molar-refractivity contribution in [3.63, 3.8) is 0 Å². The summed E-state index contributed by atoms with van der Waals surface area (Å²) in [4.78, 5) is 26.5. The fraction of sp³-hybridized carbons (Fsp3) is 0.500. The van der Waals surface area contributed by atoms with E-state index >= 15 is 0 Å². The zero-order valence-corrected chi connectivity index (χ0v) is 21.7. The number of nitrogens with zero attached hydrogens (tertiary/aromatic N) is 1. The van der Waals surface area contributed by atoms with Crippen molar-refractivity contribution in [1.29, 1.82) is 0 Å². The van der Waals surface area contributed by atoms with Gasteiger partial charge in [-0.15, -0.1) is 0 Å². The summed E-state index contributed by atoms with van der Waals surface area (Å²) < 4.78 is 72.4. The minimum Gasteiger partial charge on any atom is -0.478 e. The number of carbonyl (C=O) groups is 2. The van der Waals surface area contributed by atoms with E-state index in [1.54, 1.807) is 13.0 Å². The van der Waals surface area contributed by atoms with E-state index in [0.29, 0.717) is 25.5 Å². The summed E-state index contributed by atoms with van der Waals surface area (Å²) >= 11 is 0. The SMILES string of the molecule is C[C@H]1CN([C@@H]2CC[C@](C)(C(=O)NCc3cc(F)cc(C(F)(F)F)c3)OC2)CC[C@@H]1c1ccc(F)c(C(=O)O)c1. The van der Waals surface area contributed by atoms with Gasteiger partial charge in [-0.25, -0.2) is 13.6 Å². The van der Waals surface area contributed by atoms with Crippen molar-refractivity contribution < 1.29 is 41.4 Å². The van der Waals surface area contributed by atoms with Crippen molar-refractivity contribution in [3.8, 4) is 0 Å². The number of alkyl halides is 3. The number of carboxylic acid groups (broad SMARTS) is 1. The first kappa shape index (κ1) is 28.9. The number of carbonyl (C=O) groups excluding carboxylic acids is 1. The highest BCUT2D eigenvalue weighted by Gasteiger charge is 2.41. The third-order valence-electron chi connectivity index (χ3n) is 7.87. The van der Waals surface area contributed by atoms with Crippen LogP contribution in [-0.2, 0) is 22.3 Å². The number of hydrogen-bond donors (Lipinski definition) is 2. The number of nitrogens with one attached hydrogen (secondary N) is 1. The number of ether oxygens (including phenoxy) is 1. The molecule has 2 aromatic carbocycles. The summed E-state index contributed by atoms with van der Waals surface area (Å²) in [6, 6.07) is 6.48. The van der Waals surface area contributed by atoms with Gasteiger partial charge in [-0.2, -0.15) is 13.2 Å². The molecule has 0 saturated carbocycles. The third-order valence-corrected chi connectivity index (χ3v) is 7.87. The summed E-state index contributed by atoms with van der Waals surface area (Å²) in [5.41, 5.74) is -1.82. The molecule has 0 aromatic heterocycles. The lowest BCUT2D eigenvalue weighted by atomic mass is 9.80. The largest absolute Gasteiger partial charge is 0.478 e. The molecule has 2 N–H and O–H groups in total. The summed E-state index contributed by atoms with van der Waals surface area (Å²) in [5, 5.41) is 11.8. The molecule has 2 aliphatic heterocycles. The summed E-state index contributed by atoms with van der Waals surface area (Å²) in [7, 11) is 0. The summed E-state index contributed by atoms with van der Waals surface area (Å²) in [6.07, 6.45) is -2.87. The lowest BCUT2D eigenvalue weighted by Crippen LogP contribution is -2.55. The summed E-state index contributed by atoms with van der Waals surface area (Å²) in [5.74, 6) is -3.30. The Morgan fingerprint density at radius 3 is 2.51 bits per heavy atom. The van der Waals surface area contributed by atoms with E-state index in [1.165, 1.54) is 12.1 Å². The minimum atomic E-state index is -4.69. The average molecular weight is 555 g/mol. The molecule has 2 aromatic rings. The van der Waals surface area contributed by atoms with E-state index in [9.17, 15) is 36.6 Å². The quantitative estimate of drug-likeness (QED) is 0.470. The van der Waals surface area contributed by atoms with Gasteiger partial charge in [0.15, 0.2) is 0 Å². The predicted octanol–water partition coefficient (Wildman–Crippen LogP) is 5.36. The highest BCUT2D eigenvalue weighted by atomic mass is 19.4. The first-order valence-corrected chi connectivity index (χ1v) is 12.8. The molecular formula is C28H31F5N2O4. The number of aromatic carboxylic acids is 1. The zero-order valence-electron chi connectivity index (χ0n) is 21.7. The Bertz CT molecular complexity index is 1230.